The predicted octanol–water partition coefficient (Wildman–Crippen LogP) is 3.78. The zero-order chi connectivity index (χ0) is 16.7. The molecule has 2 aromatic rings. The van der Waals surface area contributed by atoms with Gasteiger partial charge in [-0.15, -0.1) is 0 Å². The van der Waals surface area contributed by atoms with Crippen molar-refractivity contribution in [3.63, 3.8) is 0 Å². The lowest BCUT2D eigenvalue weighted by Gasteiger charge is -2.41. The zero-order valence-electron chi connectivity index (χ0n) is 13.6. The third-order valence-corrected chi connectivity index (χ3v) is 4.61. The Morgan fingerprint density at radius 1 is 1.26 bits per heavy atom. The topological polar surface area (TPSA) is 69.4 Å². The standard InChI is InChI=1S/C17H22BrN3O2/c1-16(2)22-9-17(3,10-23-16)8-21-14-7-20-13-6-11(18)4-5-12(13)15(14)19/h4-7,21H,8-10H2,1-3H3,(H2,19,20). The molecule has 3 rings (SSSR count). The van der Waals surface area contributed by atoms with Crippen LogP contribution in [-0.4, -0.2) is 30.5 Å². The molecule has 0 bridgehead atoms. The van der Waals surface area contributed by atoms with Crippen LogP contribution in [0.1, 0.15) is 20.8 Å². The summed E-state index contributed by atoms with van der Waals surface area (Å²) >= 11 is 3.45. The van der Waals surface area contributed by atoms with E-state index in [0.717, 1.165) is 21.1 Å². The van der Waals surface area contributed by atoms with Crippen LogP contribution >= 0.6 is 15.9 Å². The summed E-state index contributed by atoms with van der Waals surface area (Å²) < 4.78 is 12.5. The van der Waals surface area contributed by atoms with Crippen LogP contribution in [0.15, 0.2) is 28.9 Å². The minimum Gasteiger partial charge on any atom is -0.396 e. The van der Waals surface area contributed by atoms with E-state index in [-0.39, 0.29) is 5.41 Å². The van der Waals surface area contributed by atoms with Crippen LogP contribution in [0.4, 0.5) is 11.4 Å². The molecule has 0 unspecified atom stereocenters. The summed E-state index contributed by atoms with van der Waals surface area (Å²) in [5, 5.41) is 4.34. The highest BCUT2D eigenvalue weighted by atomic mass is 79.9. The molecule has 3 N–H and O–H groups in total. The number of anilines is 2. The average molecular weight is 380 g/mol. The van der Waals surface area contributed by atoms with Gasteiger partial charge < -0.3 is 20.5 Å². The molecule has 0 amide bonds. The average Bonchev–Trinajstić information content (AvgIpc) is 2.50. The first kappa shape index (κ1) is 16.5. The SMILES string of the molecule is CC1(CNc2cnc3cc(Br)ccc3c2N)COC(C)(C)OC1. The van der Waals surface area contributed by atoms with Gasteiger partial charge in [-0.2, -0.15) is 0 Å². The molecular weight excluding hydrogens is 358 g/mol. The van der Waals surface area contributed by atoms with Crippen LogP contribution in [0, 0.1) is 5.41 Å². The molecule has 0 radical (unpaired) electrons. The first-order valence-corrected chi connectivity index (χ1v) is 8.43. The van der Waals surface area contributed by atoms with Crippen LogP contribution in [0.2, 0.25) is 0 Å². The van der Waals surface area contributed by atoms with E-state index in [0.29, 0.717) is 25.4 Å². The van der Waals surface area contributed by atoms with E-state index < -0.39 is 5.79 Å². The Kier molecular flexibility index (Phi) is 4.25. The number of pyridine rings is 1. The summed E-state index contributed by atoms with van der Waals surface area (Å²) in [5.74, 6) is -0.504. The number of aromatic nitrogens is 1. The number of halogens is 1. The van der Waals surface area contributed by atoms with E-state index in [2.05, 4.69) is 33.2 Å². The van der Waals surface area contributed by atoms with Crippen molar-refractivity contribution in [2.45, 2.75) is 26.6 Å². The number of hydrogen-bond donors (Lipinski definition) is 2. The number of fused-ring (bicyclic) bond motifs is 1. The summed E-state index contributed by atoms with van der Waals surface area (Å²) in [6.45, 7) is 7.99. The Morgan fingerprint density at radius 3 is 2.65 bits per heavy atom. The van der Waals surface area contributed by atoms with Crippen molar-refractivity contribution in [1.29, 1.82) is 0 Å². The Morgan fingerprint density at radius 2 is 1.96 bits per heavy atom. The molecule has 0 aliphatic carbocycles. The quantitative estimate of drug-likeness (QED) is 0.848. The Bertz CT molecular complexity index is 723. The van der Waals surface area contributed by atoms with Gasteiger partial charge in [-0.25, -0.2) is 0 Å². The van der Waals surface area contributed by atoms with Crippen molar-refractivity contribution >= 4 is 38.2 Å². The number of rotatable bonds is 3. The summed E-state index contributed by atoms with van der Waals surface area (Å²) in [5.41, 5.74) is 8.62. The van der Waals surface area contributed by atoms with Crippen LogP contribution in [0.3, 0.4) is 0 Å². The fourth-order valence-electron chi connectivity index (χ4n) is 2.52. The molecular formula is C17H22BrN3O2. The van der Waals surface area contributed by atoms with Crippen LogP contribution in [0.5, 0.6) is 0 Å². The second-order valence-electron chi connectivity index (χ2n) is 6.89. The van der Waals surface area contributed by atoms with Gasteiger partial charge in [-0.3, -0.25) is 4.98 Å². The second-order valence-corrected chi connectivity index (χ2v) is 7.80. The van der Waals surface area contributed by atoms with Gasteiger partial charge in [0.2, 0.25) is 0 Å². The molecule has 0 spiro atoms. The van der Waals surface area contributed by atoms with E-state index in [1.165, 1.54) is 0 Å². The summed E-state index contributed by atoms with van der Waals surface area (Å²) in [7, 11) is 0. The highest BCUT2D eigenvalue weighted by Gasteiger charge is 2.36. The maximum absolute atomic E-state index is 6.29. The minimum absolute atomic E-state index is 0.101. The highest BCUT2D eigenvalue weighted by Crippen LogP contribution is 2.32. The van der Waals surface area contributed by atoms with Crippen molar-refractivity contribution in [3.05, 3.63) is 28.9 Å². The molecule has 2 heterocycles. The fourth-order valence-corrected chi connectivity index (χ4v) is 2.87. The molecule has 1 aromatic carbocycles. The number of nitrogen functional groups attached to an aromatic ring is 1. The lowest BCUT2D eigenvalue weighted by atomic mass is 9.91. The molecule has 124 valence electrons. The fraction of sp³-hybridized carbons (Fsp3) is 0.471. The lowest BCUT2D eigenvalue weighted by molar-refractivity contribution is -0.279. The Labute approximate surface area is 144 Å². The van der Waals surface area contributed by atoms with Crippen LogP contribution in [-0.2, 0) is 9.47 Å². The summed E-state index contributed by atoms with van der Waals surface area (Å²) in [6.07, 6.45) is 1.78. The van der Waals surface area contributed by atoms with Gasteiger partial charge >= 0.3 is 0 Å². The van der Waals surface area contributed by atoms with E-state index in [1.807, 2.05) is 32.0 Å². The number of nitrogens with two attached hydrogens (primary N) is 1. The van der Waals surface area contributed by atoms with Crippen LogP contribution < -0.4 is 11.1 Å². The maximum Gasteiger partial charge on any atom is 0.162 e. The van der Waals surface area contributed by atoms with E-state index >= 15 is 0 Å². The molecule has 23 heavy (non-hydrogen) atoms. The number of nitrogens with one attached hydrogen (secondary N) is 1. The monoisotopic (exact) mass is 379 g/mol. The summed E-state index contributed by atoms with van der Waals surface area (Å²) in [6, 6.07) is 5.90. The smallest absolute Gasteiger partial charge is 0.162 e. The number of benzene rings is 1. The first-order valence-electron chi connectivity index (χ1n) is 7.64. The van der Waals surface area contributed by atoms with Gasteiger partial charge in [-0.1, -0.05) is 22.9 Å². The largest absolute Gasteiger partial charge is 0.396 e. The molecule has 1 aliphatic rings. The van der Waals surface area contributed by atoms with Gasteiger partial charge in [0.05, 0.1) is 36.3 Å². The van der Waals surface area contributed by atoms with Crippen molar-refractivity contribution in [3.8, 4) is 0 Å². The molecule has 0 saturated carbocycles. The molecule has 5 nitrogen and oxygen atoms in total. The maximum atomic E-state index is 6.29. The van der Waals surface area contributed by atoms with Crippen molar-refractivity contribution in [2.75, 3.05) is 30.8 Å². The van der Waals surface area contributed by atoms with Gasteiger partial charge in [-0.05, 0) is 32.0 Å². The third-order valence-electron chi connectivity index (χ3n) is 4.11. The zero-order valence-corrected chi connectivity index (χ0v) is 15.2. The third kappa shape index (κ3) is 3.59. The van der Waals surface area contributed by atoms with E-state index in [4.69, 9.17) is 15.2 Å². The van der Waals surface area contributed by atoms with Crippen molar-refractivity contribution in [1.82, 2.24) is 4.98 Å². The van der Waals surface area contributed by atoms with Crippen molar-refractivity contribution in [2.24, 2.45) is 5.41 Å². The molecule has 1 saturated heterocycles. The number of nitrogens with zero attached hydrogens (tertiary/aromatic N) is 1. The molecule has 0 atom stereocenters. The summed E-state index contributed by atoms with van der Waals surface area (Å²) in [4.78, 5) is 4.48. The van der Waals surface area contributed by atoms with Gasteiger partial charge in [0.1, 0.15) is 0 Å². The molecule has 6 heteroatoms. The predicted molar refractivity (Wildman–Crippen MR) is 96.4 cm³/mol. The molecule has 1 aliphatic heterocycles. The van der Waals surface area contributed by atoms with Gasteiger partial charge in [0, 0.05) is 21.8 Å². The molecule has 1 aromatic heterocycles. The Balaban J connectivity index is 1.75. The minimum atomic E-state index is -0.504. The first-order chi connectivity index (χ1) is 10.8. The number of ether oxygens (including phenoxy) is 2. The normalized spacial score (nSPS) is 19.7. The van der Waals surface area contributed by atoms with E-state index in [1.54, 1.807) is 6.20 Å². The molecule has 1 fully saturated rings. The second kappa shape index (κ2) is 5.92. The van der Waals surface area contributed by atoms with Crippen LogP contribution in [0.25, 0.3) is 10.9 Å². The highest BCUT2D eigenvalue weighted by molar-refractivity contribution is 9.10. The van der Waals surface area contributed by atoms with Gasteiger partial charge in [0.15, 0.2) is 5.79 Å². The Hall–Kier alpha value is -1.37. The lowest BCUT2D eigenvalue weighted by Crippen LogP contribution is -2.48. The number of hydrogen-bond acceptors (Lipinski definition) is 5. The van der Waals surface area contributed by atoms with Crippen molar-refractivity contribution < 1.29 is 9.47 Å². The van der Waals surface area contributed by atoms with Gasteiger partial charge in [0.25, 0.3) is 0 Å². The van der Waals surface area contributed by atoms with E-state index in [9.17, 15) is 0 Å².